The second kappa shape index (κ2) is 5.71. The molecule has 1 aromatic carbocycles. The van der Waals surface area contributed by atoms with E-state index >= 15 is 0 Å². The topological polar surface area (TPSA) is 66.6 Å². The van der Waals surface area contributed by atoms with E-state index in [1.54, 1.807) is 29.4 Å². The zero-order valence-corrected chi connectivity index (χ0v) is 13.2. The first kappa shape index (κ1) is 15.3. The van der Waals surface area contributed by atoms with Crippen molar-refractivity contribution in [1.29, 1.82) is 0 Å². The second-order valence-electron chi connectivity index (χ2n) is 5.59. The molecule has 0 aliphatic carbocycles. The number of hydrogen-bond donors (Lipinski definition) is 1. The maximum atomic E-state index is 12.8. The number of nitrogens with zero attached hydrogens (tertiary/aromatic N) is 2. The maximum Gasteiger partial charge on any atom is 0.243 e. The van der Waals surface area contributed by atoms with E-state index in [9.17, 15) is 8.42 Å². The van der Waals surface area contributed by atoms with Crippen LogP contribution in [0, 0.1) is 6.92 Å². The number of nitrogens with two attached hydrogens (primary N) is 1. The van der Waals surface area contributed by atoms with Gasteiger partial charge < -0.3 is 10.6 Å². The van der Waals surface area contributed by atoms with Crippen LogP contribution < -0.4 is 5.73 Å². The molecule has 2 N–H and O–H groups in total. The Morgan fingerprint density at radius 3 is 2.70 bits per heavy atom. The Balaban J connectivity index is 2.33. The number of piperidine rings is 1. The largest absolute Gasteiger partial charge is 0.398 e. The molecule has 2 rings (SSSR count). The van der Waals surface area contributed by atoms with Crippen molar-refractivity contribution >= 4 is 15.7 Å². The highest BCUT2D eigenvalue weighted by atomic mass is 32.2. The molecule has 0 bridgehead atoms. The summed E-state index contributed by atoms with van der Waals surface area (Å²) in [5.41, 5.74) is 6.99. The molecule has 0 spiro atoms. The van der Waals surface area contributed by atoms with Gasteiger partial charge in [-0.1, -0.05) is 6.07 Å². The Kier molecular flexibility index (Phi) is 4.36. The van der Waals surface area contributed by atoms with E-state index in [0.717, 1.165) is 12.8 Å². The van der Waals surface area contributed by atoms with Crippen LogP contribution in [0.15, 0.2) is 23.1 Å². The molecule has 0 radical (unpaired) electrons. The summed E-state index contributed by atoms with van der Waals surface area (Å²) < 4.78 is 27.1. The molecule has 1 atom stereocenters. The third kappa shape index (κ3) is 2.82. The van der Waals surface area contributed by atoms with Gasteiger partial charge in [0.05, 0.1) is 4.90 Å². The Labute approximate surface area is 121 Å². The Morgan fingerprint density at radius 2 is 2.05 bits per heavy atom. The first-order valence-corrected chi connectivity index (χ1v) is 8.29. The van der Waals surface area contributed by atoms with Crippen LogP contribution in [0.3, 0.4) is 0 Å². The molecular formula is C14H23N3O2S. The van der Waals surface area contributed by atoms with Crippen LogP contribution in [-0.4, -0.2) is 50.8 Å². The average molecular weight is 297 g/mol. The average Bonchev–Trinajstić information content (AvgIpc) is 2.41. The fourth-order valence-corrected chi connectivity index (χ4v) is 4.38. The van der Waals surface area contributed by atoms with Crippen molar-refractivity contribution in [3.63, 3.8) is 0 Å². The predicted molar refractivity (Wildman–Crippen MR) is 81.1 cm³/mol. The number of rotatable bonds is 3. The number of nitrogen functional groups attached to an aromatic ring is 1. The fourth-order valence-electron chi connectivity index (χ4n) is 2.61. The minimum atomic E-state index is -3.45. The van der Waals surface area contributed by atoms with Crippen molar-refractivity contribution in [2.75, 3.05) is 32.9 Å². The van der Waals surface area contributed by atoms with E-state index in [4.69, 9.17) is 5.73 Å². The smallest absolute Gasteiger partial charge is 0.243 e. The standard InChI is InChI=1S/C14H23N3O2S/c1-11-13(15)7-4-8-14(11)20(18,19)17-9-5-6-12(10-17)16(2)3/h4,7-8,12H,5-6,9-10,15H2,1-3H3. The van der Waals surface area contributed by atoms with Crippen molar-refractivity contribution in [2.45, 2.75) is 30.7 Å². The lowest BCUT2D eigenvalue weighted by Gasteiger charge is -2.35. The van der Waals surface area contributed by atoms with E-state index in [1.807, 2.05) is 14.1 Å². The molecule has 6 heteroatoms. The van der Waals surface area contributed by atoms with Gasteiger partial charge in [0, 0.05) is 24.8 Å². The molecule has 1 heterocycles. The molecular weight excluding hydrogens is 274 g/mol. The SMILES string of the molecule is Cc1c(N)cccc1S(=O)(=O)N1CCCC(N(C)C)C1. The number of hydrogen-bond acceptors (Lipinski definition) is 4. The van der Waals surface area contributed by atoms with Crippen molar-refractivity contribution in [1.82, 2.24) is 9.21 Å². The summed E-state index contributed by atoms with van der Waals surface area (Å²) in [5.74, 6) is 0. The number of likely N-dealkylation sites (N-methyl/N-ethyl adjacent to an activating group) is 1. The minimum Gasteiger partial charge on any atom is -0.398 e. The molecule has 0 amide bonds. The third-order valence-electron chi connectivity index (χ3n) is 4.03. The zero-order chi connectivity index (χ0) is 14.9. The van der Waals surface area contributed by atoms with Gasteiger partial charge in [0.1, 0.15) is 0 Å². The van der Waals surface area contributed by atoms with E-state index < -0.39 is 10.0 Å². The van der Waals surface area contributed by atoms with Gasteiger partial charge in [-0.05, 0) is 51.6 Å². The Hall–Kier alpha value is -1.11. The predicted octanol–water partition coefficient (Wildman–Crippen LogP) is 1.29. The van der Waals surface area contributed by atoms with Gasteiger partial charge in [-0.15, -0.1) is 0 Å². The van der Waals surface area contributed by atoms with Gasteiger partial charge >= 0.3 is 0 Å². The number of benzene rings is 1. The molecule has 0 saturated carbocycles. The van der Waals surface area contributed by atoms with Crippen molar-refractivity contribution in [2.24, 2.45) is 0 Å². The van der Waals surface area contributed by atoms with E-state index in [-0.39, 0.29) is 6.04 Å². The maximum absolute atomic E-state index is 12.8. The monoisotopic (exact) mass is 297 g/mol. The first-order chi connectivity index (χ1) is 9.34. The first-order valence-electron chi connectivity index (χ1n) is 6.85. The molecule has 112 valence electrons. The fraction of sp³-hybridized carbons (Fsp3) is 0.571. The van der Waals surface area contributed by atoms with Gasteiger partial charge in [0.2, 0.25) is 10.0 Å². The van der Waals surface area contributed by atoms with Crippen molar-refractivity contribution in [3.05, 3.63) is 23.8 Å². The molecule has 1 fully saturated rings. The highest BCUT2D eigenvalue weighted by molar-refractivity contribution is 7.89. The summed E-state index contributed by atoms with van der Waals surface area (Å²) in [4.78, 5) is 2.42. The van der Waals surface area contributed by atoms with Crippen LogP contribution >= 0.6 is 0 Å². The zero-order valence-electron chi connectivity index (χ0n) is 12.3. The number of anilines is 1. The lowest BCUT2D eigenvalue weighted by atomic mass is 10.1. The summed E-state index contributed by atoms with van der Waals surface area (Å²) in [5, 5.41) is 0. The molecule has 1 aliphatic heterocycles. The summed E-state index contributed by atoms with van der Waals surface area (Å²) in [6, 6.07) is 5.34. The summed E-state index contributed by atoms with van der Waals surface area (Å²) >= 11 is 0. The summed E-state index contributed by atoms with van der Waals surface area (Å²) in [6.07, 6.45) is 1.93. The van der Waals surface area contributed by atoms with Gasteiger partial charge in [-0.3, -0.25) is 0 Å². The number of sulfonamides is 1. The third-order valence-corrected chi connectivity index (χ3v) is 6.04. The van der Waals surface area contributed by atoms with Crippen LogP contribution in [-0.2, 0) is 10.0 Å². The molecule has 1 aliphatic rings. The van der Waals surface area contributed by atoms with Crippen molar-refractivity contribution in [3.8, 4) is 0 Å². The van der Waals surface area contributed by atoms with Gasteiger partial charge in [-0.25, -0.2) is 8.42 Å². The van der Waals surface area contributed by atoms with Crippen LogP contribution in [0.25, 0.3) is 0 Å². The highest BCUT2D eigenvalue weighted by Gasteiger charge is 2.32. The van der Waals surface area contributed by atoms with Crippen LogP contribution in [0.5, 0.6) is 0 Å². The van der Waals surface area contributed by atoms with E-state index in [0.29, 0.717) is 29.2 Å². The lowest BCUT2D eigenvalue weighted by Crippen LogP contribution is -2.47. The quantitative estimate of drug-likeness (QED) is 0.854. The second-order valence-corrected chi connectivity index (χ2v) is 7.50. The molecule has 0 aromatic heterocycles. The van der Waals surface area contributed by atoms with E-state index in [2.05, 4.69) is 4.90 Å². The van der Waals surface area contributed by atoms with Crippen LogP contribution in [0.2, 0.25) is 0 Å². The molecule has 1 aromatic rings. The van der Waals surface area contributed by atoms with Gasteiger partial charge in [0.15, 0.2) is 0 Å². The molecule has 1 unspecified atom stereocenters. The molecule has 1 saturated heterocycles. The van der Waals surface area contributed by atoms with Gasteiger partial charge in [0.25, 0.3) is 0 Å². The molecule has 20 heavy (non-hydrogen) atoms. The van der Waals surface area contributed by atoms with E-state index in [1.165, 1.54) is 0 Å². The van der Waals surface area contributed by atoms with Crippen LogP contribution in [0.4, 0.5) is 5.69 Å². The Bertz CT molecular complexity index is 584. The van der Waals surface area contributed by atoms with Gasteiger partial charge in [-0.2, -0.15) is 4.31 Å². The van der Waals surface area contributed by atoms with Crippen LogP contribution in [0.1, 0.15) is 18.4 Å². The minimum absolute atomic E-state index is 0.278. The lowest BCUT2D eigenvalue weighted by molar-refractivity contribution is 0.190. The van der Waals surface area contributed by atoms with Crippen molar-refractivity contribution < 1.29 is 8.42 Å². The summed E-state index contributed by atoms with van der Waals surface area (Å²) in [7, 11) is 0.530. The normalized spacial score (nSPS) is 21.3. The summed E-state index contributed by atoms with van der Waals surface area (Å²) in [6.45, 7) is 2.89. The Morgan fingerprint density at radius 1 is 1.35 bits per heavy atom. The highest BCUT2D eigenvalue weighted by Crippen LogP contribution is 2.26. The molecule has 5 nitrogen and oxygen atoms in total.